The van der Waals surface area contributed by atoms with Gasteiger partial charge in [0.1, 0.15) is 5.52 Å². The largest absolute Gasteiger partial charge is 0.436 e. The van der Waals surface area contributed by atoms with Gasteiger partial charge in [-0.05, 0) is 87.1 Å². The first kappa shape index (κ1) is 19.9. The lowest BCUT2D eigenvalue weighted by atomic mass is 10.2. The van der Waals surface area contributed by atoms with Gasteiger partial charge in [0.15, 0.2) is 10.7 Å². The molecule has 0 radical (unpaired) electrons. The number of nitrogens with zero attached hydrogens (tertiary/aromatic N) is 2. The Morgan fingerprint density at radius 1 is 1.14 bits per heavy atom. The fourth-order valence-electron chi connectivity index (χ4n) is 2.64. The van der Waals surface area contributed by atoms with Crippen LogP contribution in [0.3, 0.4) is 0 Å². The van der Waals surface area contributed by atoms with Gasteiger partial charge in [0.25, 0.3) is 5.91 Å². The van der Waals surface area contributed by atoms with E-state index in [2.05, 4.69) is 59.1 Å². The second kappa shape index (κ2) is 8.56. The number of carbonyl (C=O) groups excluding carboxylic acids is 1. The zero-order valence-electron chi connectivity index (χ0n) is 14.6. The molecule has 2 heterocycles. The van der Waals surface area contributed by atoms with Crippen molar-refractivity contribution < 1.29 is 9.21 Å². The topological polar surface area (TPSA) is 80.0 Å². The number of oxazole rings is 1. The summed E-state index contributed by atoms with van der Waals surface area (Å²) in [4.78, 5) is 21.0. The smallest absolute Gasteiger partial charge is 0.258 e. The average Bonchev–Trinajstić information content (AvgIpc) is 3.11. The number of anilines is 1. The number of thiocarbonyl (C=S) groups is 1. The highest BCUT2D eigenvalue weighted by molar-refractivity contribution is 14.1. The van der Waals surface area contributed by atoms with E-state index in [1.54, 1.807) is 36.7 Å². The van der Waals surface area contributed by atoms with Crippen LogP contribution >= 0.6 is 50.7 Å². The van der Waals surface area contributed by atoms with Crippen molar-refractivity contribution in [2.45, 2.75) is 0 Å². The SMILES string of the molecule is O=C(NC(=S)Nc1ccc2oc(-c3cncc(Br)c3)nc2c1)c1ccccc1I. The number of carbonyl (C=O) groups is 1. The predicted octanol–water partition coefficient (Wildman–Crippen LogP) is 5.38. The fourth-order valence-corrected chi connectivity index (χ4v) is 3.84. The molecule has 0 aliphatic heterocycles. The van der Waals surface area contributed by atoms with Crippen molar-refractivity contribution in [3.8, 4) is 11.5 Å². The zero-order chi connectivity index (χ0) is 20.4. The summed E-state index contributed by atoms with van der Waals surface area (Å²) in [5, 5.41) is 5.90. The molecule has 0 saturated heterocycles. The molecule has 0 aliphatic carbocycles. The number of hydrogen-bond donors (Lipinski definition) is 2. The Bertz CT molecular complexity index is 1240. The van der Waals surface area contributed by atoms with E-state index in [1.165, 1.54) is 0 Å². The molecular weight excluding hydrogens is 567 g/mol. The number of pyridine rings is 1. The molecule has 144 valence electrons. The van der Waals surface area contributed by atoms with E-state index >= 15 is 0 Å². The summed E-state index contributed by atoms with van der Waals surface area (Å²) in [5.74, 6) is 0.208. The molecular formula is C20H12BrIN4O2S. The Kier molecular flexibility index (Phi) is 5.88. The molecule has 2 N–H and O–H groups in total. The van der Waals surface area contributed by atoms with Gasteiger partial charge in [0.05, 0.1) is 11.1 Å². The van der Waals surface area contributed by atoms with Gasteiger partial charge in [0, 0.05) is 26.1 Å². The van der Waals surface area contributed by atoms with E-state index in [-0.39, 0.29) is 11.0 Å². The minimum Gasteiger partial charge on any atom is -0.436 e. The minimum absolute atomic E-state index is 0.203. The number of benzene rings is 2. The van der Waals surface area contributed by atoms with Crippen LogP contribution in [0.15, 0.2) is 69.8 Å². The highest BCUT2D eigenvalue weighted by Gasteiger charge is 2.13. The zero-order valence-corrected chi connectivity index (χ0v) is 19.2. The van der Waals surface area contributed by atoms with Crippen LogP contribution in [0.2, 0.25) is 0 Å². The summed E-state index contributed by atoms with van der Waals surface area (Å²) >= 11 is 10.8. The molecule has 0 fully saturated rings. The van der Waals surface area contributed by atoms with Crippen LogP contribution in [0.5, 0.6) is 0 Å². The number of halogens is 2. The van der Waals surface area contributed by atoms with Gasteiger partial charge in [-0.2, -0.15) is 0 Å². The Labute approximate surface area is 193 Å². The molecule has 0 bridgehead atoms. The summed E-state index contributed by atoms with van der Waals surface area (Å²) < 4.78 is 7.49. The number of hydrogen-bond acceptors (Lipinski definition) is 5. The van der Waals surface area contributed by atoms with E-state index in [0.29, 0.717) is 28.2 Å². The third-order valence-corrected chi connectivity index (χ3v) is 5.52. The Hall–Kier alpha value is -2.37. The number of aromatic nitrogens is 2. The molecule has 4 rings (SSSR count). The van der Waals surface area contributed by atoms with E-state index in [1.807, 2.05) is 24.3 Å². The predicted molar refractivity (Wildman–Crippen MR) is 128 cm³/mol. The van der Waals surface area contributed by atoms with Gasteiger partial charge >= 0.3 is 0 Å². The normalized spacial score (nSPS) is 10.7. The number of rotatable bonds is 3. The summed E-state index contributed by atoms with van der Waals surface area (Å²) in [6.45, 7) is 0. The van der Waals surface area contributed by atoms with Crippen molar-refractivity contribution >= 4 is 78.5 Å². The Morgan fingerprint density at radius 3 is 2.76 bits per heavy atom. The quantitative estimate of drug-likeness (QED) is 0.251. The fraction of sp³-hybridized carbons (Fsp3) is 0. The van der Waals surface area contributed by atoms with Gasteiger partial charge in [-0.25, -0.2) is 4.98 Å². The van der Waals surface area contributed by atoms with Crippen molar-refractivity contribution in [1.82, 2.24) is 15.3 Å². The van der Waals surface area contributed by atoms with Crippen molar-refractivity contribution in [3.05, 3.63) is 74.5 Å². The lowest BCUT2D eigenvalue weighted by Crippen LogP contribution is -2.34. The molecule has 0 aliphatic rings. The maximum Gasteiger partial charge on any atom is 0.258 e. The average molecular weight is 579 g/mol. The molecule has 9 heteroatoms. The molecule has 2 aromatic carbocycles. The van der Waals surface area contributed by atoms with E-state index in [4.69, 9.17) is 16.6 Å². The second-order valence-corrected chi connectivity index (χ2v) is 8.47. The first-order valence-electron chi connectivity index (χ1n) is 8.38. The van der Waals surface area contributed by atoms with Crippen LogP contribution in [0.4, 0.5) is 5.69 Å². The summed E-state index contributed by atoms with van der Waals surface area (Å²) in [7, 11) is 0. The summed E-state index contributed by atoms with van der Waals surface area (Å²) in [6.07, 6.45) is 3.38. The van der Waals surface area contributed by atoms with Crippen molar-refractivity contribution in [2.24, 2.45) is 0 Å². The van der Waals surface area contributed by atoms with Crippen molar-refractivity contribution in [1.29, 1.82) is 0 Å². The molecule has 29 heavy (non-hydrogen) atoms. The molecule has 1 amide bonds. The van der Waals surface area contributed by atoms with Gasteiger partial charge in [-0.1, -0.05) is 12.1 Å². The van der Waals surface area contributed by atoms with Gasteiger partial charge in [0.2, 0.25) is 5.89 Å². The van der Waals surface area contributed by atoms with Crippen LogP contribution in [-0.4, -0.2) is 21.0 Å². The molecule has 2 aromatic heterocycles. The van der Waals surface area contributed by atoms with Crippen LogP contribution in [-0.2, 0) is 0 Å². The third kappa shape index (κ3) is 4.62. The van der Waals surface area contributed by atoms with E-state index in [0.717, 1.165) is 13.6 Å². The summed E-state index contributed by atoms with van der Waals surface area (Å²) in [6, 6.07) is 14.6. The van der Waals surface area contributed by atoms with Gasteiger partial charge < -0.3 is 9.73 Å². The first-order chi connectivity index (χ1) is 14.0. The van der Waals surface area contributed by atoms with Crippen LogP contribution in [0.25, 0.3) is 22.6 Å². The van der Waals surface area contributed by atoms with Crippen LogP contribution < -0.4 is 10.6 Å². The standard InChI is InChI=1S/C20H12BrIN4O2S/c21-12-7-11(9-23-10-12)19-25-16-8-13(5-6-17(16)28-19)24-20(29)26-18(27)14-3-1-2-4-15(14)22/h1-10H,(H2,24,26,27,29). The highest BCUT2D eigenvalue weighted by Crippen LogP contribution is 2.27. The van der Waals surface area contributed by atoms with E-state index < -0.39 is 0 Å². The van der Waals surface area contributed by atoms with E-state index in [9.17, 15) is 4.79 Å². The van der Waals surface area contributed by atoms with Crippen molar-refractivity contribution in [3.63, 3.8) is 0 Å². The van der Waals surface area contributed by atoms with Crippen LogP contribution in [0.1, 0.15) is 10.4 Å². The molecule has 0 atom stereocenters. The summed E-state index contributed by atoms with van der Waals surface area (Å²) in [5.41, 5.74) is 3.33. The van der Waals surface area contributed by atoms with Gasteiger partial charge in [-0.3, -0.25) is 15.1 Å². The number of amides is 1. The molecule has 0 spiro atoms. The second-order valence-electron chi connectivity index (χ2n) is 5.98. The number of nitrogens with one attached hydrogen (secondary N) is 2. The first-order valence-corrected chi connectivity index (χ1v) is 10.7. The minimum atomic E-state index is -0.264. The van der Waals surface area contributed by atoms with Crippen LogP contribution in [0, 0.1) is 3.57 Å². The lowest BCUT2D eigenvalue weighted by Gasteiger charge is -2.10. The van der Waals surface area contributed by atoms with Gasteiger partial charge in [-0.15, -0.1) is 0 Å². The molecule has 0 saturated carbocycles. The molecule has 6 nitrogen and oxygen atoms in total. The highest BCUT2D eigenvalue weighted by atomic mass is 127. The van der Waals surface area contributed by atoms with Crippen molar-refractivity contribution in [2.75, 3.05) is 5.32 Å². The Balaban J connectivity index is 1.50. The molecule has 4 aromatic rings. The third-order valence-electron chi connectivity index (χ3n) is 3.94. The Morgan fingerprint density at radius 2 is 1.97 bits per heavy atom. The molecule has 0 unspecified atom stereocenters. The monoisotopic (exact) mass is 578 g/mol. The lowest BCUT2D eigenvalue weighted by molar-refractivity contribution is 0.0977. The maximum absolute atomic E-state index is 12.4. The maximum atomic E-state index is 12.4. The number of fused-ring (bicyclic) bond motifs is 1.